The zero-order chi connectivity index (χ0) is 12.8. The molecule has 2 rings (SSSR count). The maximum atomic E-state index is 12.4. The molecule has 0 saturated heterocycles. The molecule has 1 aliphatic heterocycles. The van der Waals surface area contributed by atoms with Gasteiger partial charge >= 0.3 is 0 Å². The van der Waals surface area contributed by atoms with E-state index in [1.165, 1.54) is 4.31 Å². The fourth-order valence-electron chi connectivity index (χ4n) is 2.16. The summed E-state index contributed by atoms with van der Waals surface area (Å²) in [6.07, 6.45) is 1.57. The van der Waals surface area contributed by atoms with E-state index in [-0.39, 0.29) is 6.54 Å². The predicted octanol–water partition coefficient (Wildman–Crippen LogP) is 2.91. The molecule has 1 aliphatic rings. The van der Waals surface area contributed by atoms with Crippen LogP contribution in [0.15, 0.2) is 30.9 Å². The highest BCUT2D eigenvalue weighted by molar-refractivity contribution is 7.94. The molecule has 0 unspecified atom stereocenters. The standard InChI is InChI=1S/C12H14ClNO2S/c1-4-8-14-10-7-5-6-9(13)11(10)12(2,3)17(14,15)16/h4-7H,1,8H2,2-3H3. The van der Waals surface area contributed by atoms with Gasteiger partial charge < -0.3 is 0 Å². The molecule has 0 spiro atoms. The third-order valence-corrected chi connectivity index (χ3v) is 5.83. The summed E-state index contributed by atoms with van der Waals surface area (Å²) in [5, 5.41) is 0.489. The van der Waals surface area contributed by atoms with Gasteiger partial charge in [0, 0.05) is 10.6 Å². The normalized spacial score (nSPS) is 20.1. The van der Waals surface area contributed by atoms with Crippen molar-refractivity contribution in [1.82, 2.24) is 0 Å². The highest BCUT2D eigenvalue weighted by Crippen LogP contribution is 2.49. The van der Waals surface area contributed by atoms with E-state index in [0.717, 1.165) is 0 Å². The zero-order valence-corrected chi connectivity index (χ0v) is 11.3. The first kappa shape index (κ1) is 12.5. The molecule has 1 aromatic rings. The van der Waals surface area contributed by atoms with Crippen LogP contribution in [0.3, 0.4) is 0 Å². The molecule has 3 nitrogen and oxygen atoms in total. The minimum Gasteiger partial charge on any atom is -0.265 e. The Kier molecular flexibility index (Phi) is 2.75. The van der Waals surface area contributed by atoms with Crippen LogP contribution in [0.4, 0.5) is 5.69 Å². The number of hydrogen-bond donors (Lipinski definition) is 0. The Morgan fingerprint density at radius 2 is 2.12 bits per heavy atom. The average Bonchev–Trinajstić information content (AvgIpc) is 2.38. The van der Waals surface area contributed by atoms with Crippen molar-refractivity contribution in [2.75, 3.05) is 10.8 Å². The molecule has 0 aromatic heterocycles. The van der Waals surface area contributed by atoms with Crippen LogP contribution in [0.25, 0.3) is 0 Å². The molecule has 17 heavy (non-hydrogen) atoms. The lowest BCUT2D eigenvalue weighted by molar-refractivity contribution is 0.561. The average molecular weight is 272 g/mol. The summed E-state index contributed by atoms with van der Waals surface area (Å²) in [4.78, 5) is 0. The molecule has 0 fully saturated rings. The highest BCUT2D eigenvalue weighted by atomic mass is 35.5. The molecular weight excluding hydrogens is 258 g/mol. The van der Waals surface area contributed by atoms with E-state index in [9.17, 15) is 8.42 Å². The van der Waals surface area contributed by atoms with Crippen LogP contribution in [0.1, 0.15) is 19.4 Å². The number of benzene rings is 1. The van der Waals surface area contributed by atoms with Crippen molar-refractivity contribution >= 4 is 27.3 Å². The van der Waals surface area contributed by atoms with Crippen LogP contribution >= 0.6 is 11.6 Å². The maximum Gasteiger partial charge on any atom is 0.245 e. The Morgan fingerprint density at radius 3 is 2.71 bits per heavy atom. The lowest BCUT2D eigenvalue weighted by Crippen LogP contribution is -2.36. The molecule has 0 atom stereocenters. The van der Waals surface area contributed by atoms with Crippen molar-refractivity contribution in [2.45, 2.75) is 18.6 Å². The number of halogens is 1. The Balaban J connectivity index is 2.78. The quantitative estimate of drug-likeness (QED) is 0.776. The van der Waals surface area contributed by atoms with Gasteiger partial charge in [0.05, 0.1) is 12.2 Å². The molecule has 0 amide bonds. The van der Waals surface area contributed by atoms with E-state index >= 15 is 0 Å². The minimum atomic E-state index is -3.43. The number of hydrogen-bond acceptors (Lipinski definition) is 2. The molecule has 1 aromatic carbocycles. The van der Waals surface area contributed by atoms with Crippen molar-refractivity contribution in [3.63, 3.8) is 0 Å². The predicted molar refractivity (Wildman–Crippen MR) is 70.9 cm³/mol. The Hall–Kier alpha value is -1.00. The van der Waals surface area contributed by atoms with Crippen LogP contribution in [-0.4, -0.2) is 15.0 Å². The number of fused-ring (bicyclic) bond motifs is 1. The first-order chi connectivity index (χ1) is 7.84. The Labute approximate surface area is 107 Å². The van der Waals surface area contributed by atoms with Gasteiger partial charge in [-0.2, -0.15) is 0 Å². The van der Waals surface area contributed by atoms with Crippen molar-refractivity contribution in [3.05, 3.63) is 41.4 Å². The van der Waals surface area contributed by atoms with E-state index < -0.39 is 14.8 Å². The van der Waals surface area contributed by atoms with Gasteiger partial charge in [0.15, 0.2) is 0 Å². The van der Waals surface area contributed by atoms with Gasteiger partial charge in [0.1, 0.15) is 4.75 Å². The van der Waals surface area contributed by atoms with Gasteiger partial charge in [-0.25, -0.2) is 8.42 Å². The van der Waals surface area contributed by atoms with E-state index in [2.05, 4.69) is 6.58 Å². The summed E-state index contributed by atoms with van der Waals surface area (Å²) in [6.45, 7) is 7.21. The third-order valence-electron chi connectivity index (χ3n) is 3.09. The van der Waals surface area contributed by atoms with Crippen LogP contribution in [0, 0.1) is 0 Å². The monoisotopic (exact) mass is 271 g/mol. The first-order valence-corrected chi connectivity index (χ1v) is 7.08. The summed E-state index contributed by atoms with van der Waals surface area (Å²) in [6, 6.07) is 5.25. The van der Waals surface area contributed by atoms with Gasteiger partial charge in [-0.1, -0.05) is 23.7 Å². The first-order valence-electron chi connectivity index (χ1n) is 5.26. The Bertz CT molecular complexity index is 578. The van der Waals surface area contributed by atoms with E-state index in [1.807, 2.05) is 0 Å². The third kappa shape index (κ3) is 1.51. The largest absolute Gasteiger partial charge is 0.265 e. The molecule has 0 radical (unpaired) electrons. The molecule has 1 heterocycles. The van der Waals surface area contributed by atoms with Gasteiger partial charge in [0.25, 0.3) is 0 Å². The van der Waals surface area contributed by atoms with Crippen molar-refractivity contribution in [1.29, 1.82) is 0 Å². The van der Waals surface area contributed by atoms with E-state index in [1.54, 1.807) is 38.1 Å². The van der Waals surface area contributed by atoms with E-state index in [4.69, 9.17) is 11.6 Å². The van der Waals surface area contributed by atoms with Gasteiger partial charge in [-0.05, 0) is 26.0 Å². The number of sulfonamides is 1. The second-order valence-electron chi connectivity index (χ2n) is 4.47. The smallest absolute Gasteiger partial charge is 0.245 e. The topological polar surface area (TPSA) is 37.4 Å². The molecule has 0 N–H and O–H groups in total. The van der Waals surface area contributed by atoms with Crippen molar-refractivity contribution < 1.29 is 8.42 Å². The molecule has 92 valence electrons. The summed E-state index contributed by atoms with van der Waals surface area (Å²) in [5.41, 5.74) is 1.32. The second kappa shape index (κ2) is 3.75. The summed E-state index contributed by atoms with van der Waals surface area (Å²) in [5.74, 6) is 0. The maximum absolute atomic E-state index is 12.4. The second-order valence-corrected chi connectivity index (χ2v) is 7.29. The highest BCUT2D eigenvalue weighted by Gasteiger charge is 2.50. The van der Waals surface area contributed by atoms with Crippen molar-refractivity contribution in [3.8, 4) is 0 Å². The van der Waals surface area contributed by atoms with Crippen LogP contribution in [0.5, 0.6) is 0 Å². The molecule has 0 saturated carbocycles. The fraction of sp³-hybridized carbons (Fsp3) is 0.333. The van der Waals surface area contributed by atoms with Crippen LogP contribution in [0.2, 0.25) is 5.02 Å². The summed E-state index contributed by atoms with van der Waals surface area (Å²) in [7, 11) is -3.43. The summed E-state index contributed by atoms with van der Waals surface area (Å²) < 4.78 is 25.2. The lowest BCUT2D eigenvalue weighted by Gasteiger charge is -2.21. The molecular formula is C12H14ClNO2S. The van der Waals surface area contributed by atoms with Gasteiger partial charge in [0.2, 0.25) is 10.0 Å². The summed E-state index contributed by atoms with van der Waals surface area (Å²) >= 11 is 6.13. The fourth-order valence-corrected chi connectivity index (χ4v) is 4.36. The number of anilines is 1. The minimum absolute atomic E-state index is 0.263. The van der Waals surface area contributed by atoms with Gasteiger partial charge in [-0.3, -0.25) is 4.31 Å². The Morgan fingerprint density at radius 1 is 1.47 bits per heavy atom. The number of nitrogens with zero attached hydrogens (tertiary/aromatic N) is 1. The van der Waals surface area contributed by atoms with E-state index in [0.29, 0.717) is 16.3 Å². The SMILES string of the molecule is C=CCN1c2cccc(Cl)c2C(C)(C)S1(=O)=O. The lowest BCUT2D eigenvalue weighted by atomic mass is 10.0. The molecule has 0 bridgehead atoms. The van der Waals surface area contributed by atoms with Crippen LogP contribution in [-0.2, 0) is 14.8 Å². The zero-order valence-electron chi connectivity index (χ0n) is 9.77. The van der Waals surface area contributed by atoms with Crippen LogP contribution < -0.4 is 4.31 Å². The van der Waals surface area contributed by atoms with Gasteiger partial charge in [-0.15, -0.1) is 6.58 Å². The molecule has 0 aliphatic carbocycles. The van der Waals surface area contributed by atoms with Crippen molar-refractivity contribution in [2.24, 2.45) is 0 Å². The number of rotatable bonds is 2. The molecule has 5 heteroatoms.